The molecule has 0 fully saturated rings. The monoisotopic (exact) mass is 370 g/mol. The number of rotatable bonds is 5. The molecule has 0 unspecified atom stereocenters. The second-order valence-corrected chi connectivity index (χ2v) is 6.26. The maximum Gasteiger partial charge on any atom is 0.272 e. The second kappa shape index (κ2) is 7.75. The zero-order valence-electron chi connectivity index (χ0n) is 15.0. The molecule has 4 rings (SSSR count). The Labute approximate surface area is 161 Å². The fraction of sp³-hybridized carbons (Fsp3) is 0.0455. The van der Waals surface area contributed by atoms with Crippen molar-refractivity contribution in [3.8, 4) is 0 Å². The molecule has 2 aromatic carbocycles. The van der Waals surface area contributed by atoms with E-state index in [9.17, 15) is 9.59 Å². The van der Waals surface area contributed by atoms with Crippen LogP contribution in [0.5, 0.6) is 0 Å². The number of H-pyrrole nitrogens is 1. The molecule has 4 aromatic rings. The minimum atomic E-state index is -0.358. The Morgan fingerprint density at radius 2 is 1.75 bits per heavy atom. The molecule has 0 bridgehead atoms. The van der Waals surface area contributed by atoms with Crippen molar-refractivity contribution in [3.05, 3.63) is 96.1 Å². The van der Waals surface area contributed by atoms with Gasteiger partial charge in [0.15, 0.2) is 5.69 Å². The number of carbonyl (C=O) groups is 2. The highest BCUT2D eigenvalue weighted by Gasteiger charge is 2.16. The number of carbonyl (C=O) groups excluding carboxylic acids is 2. The lowest BCUT2D eigenvalue weighted by molar-refractivity contribution is 0.0946. The Morgan fingerprint density at radius 3 is 2.61 bits per heavy atom. The zero-order valence-corrected chi connectivity index (χ0v) is 15.0. The average Bonchev–Trinajstić information content (AvgIpc) is 3.25. The summed E-state index contributed by atoms with van der Waals surface area (Å²) in [5.74, 6) is -0.647. The maximum atomic E-state index is 12.9. The first-order valence-corrected chi connectivity index (χ1v) is 8.87. The van der Waals surface area contributed by atoms with Crippen molar-refractivity contribution in [2.45, 2.75) is 6.54 Å². The first-order valence-electron chi connectivity index (χ1n) is 8.87. The fourth-order valence-corrected chi connectivity index (χ4v) is 3.04. The van der Waals surface area contributed by atoms with E-state index in [2.05, 4.69) is 20.6 Å². The van der Waals surface area contributed by atoms with Gasteiger partial charge in [0.2, 0.25) is 0 Å². The summed E-state index contributed by atoms with van der Waals surface area (Å²) in [6.07, 6.45) is 3.31. The van der Waals surface area contributed by atoms with Gasteiger partial charge in [-0.25, -0.2) is 4.98 Å². The molecule has 2 amide bonds. The SMILES string of the molecule is O=C(NCc1ccc[nH]1)c1ncccc1NC(=O)c1cccc2ccccc12. The third kappa shape index (κ3) is 3.61. The third-order valence-corrected chi connectivity index (χ3v) is 4.41. The zero-order chi connectivity index (χ0) is 19.3. The van der Waals surface area contributed by atoms with Gasteiger partial charge in [-0.05, 0) is 41.1 Å². The quantitative estimate of drug-likeness (QED) is 0.500. The molecule has 0 atom stereocenters. The second-order valence-electron chi connectivity index (χ2n) is 6.26. The summed E-state index contributed by atoms with van der Waals surface area (Å²) in [5, 5.41) is 7.45. The number of anilines is 1. The van der Waals surface area contributed by atoms with Crippen molar-refractivity contribution in [3.63, 3.8) is 0 Å². The lowest BCUT2D eigenvalue weighted by atomic mass is 10.0. The Kier molecular flexibility index (Phi) is 4.84. The molecule has 28 heavy (non-hydrogen) atoms. The minimum Gasteiger partial charge on any atom is -0.364 e. The van der Waals surface area contributed by atoms with Crippen LogP contribution in [0.3, 0.4) is 0 Å². The largest absolute Gasteiger partial charge is 0.364 e. The molecule has 138 valence electrons. The van der Waals surface area contributed by atoms with Crippen molar-refractivity contribution < 1.29 is 9.59 Å². The van der Waals surface area contributed by atoms with Crippen LogP contribution in [0, 0.1) is 0 Å². The number of nitrogens with zero attached hydrogens (tertiary/aromatic N) is 1. The summed E-state index contributed by atoms with van der Waals surface area (Å²) in [4.78, 5) is 32.6. The summed E-state index contributed by atoms with van der Waals surface area (Å²) in [7, 11) is 0. The van der Waals surface area contributed by atoms with Gasteiger partial charge in [-0.2, -0.15) is 0 Å². The molecule has 0 radical (unpaired) electrons. The van der Waals surface area contributed by atoms with E-state index < -0.39 is 0 Å². The van der Waals surface area contributed by atoms with Crippen LogP contribution in [0.2, 0.25) is 0 Å². The van der Waals surface area contributed by atoms with Crippen LogP contribution in [0.1, 0.15) is 26.5 Å². The molecule has 2 heterocycles. The van der Waals surface area contributed by atoms with Gasteiger partial charge >= 0.3 is 0 Å². The number of nitrogens with one attached hydrogen (secondary N) is 3. The number of benzene rings is 2. The molecule has 0 aliphatic rings. The number of aromatic nitrogens is 2. The molecule has 6 nitrogen and oxygen atoms in total. The number of hydrogen-bond donors (Lipinski definition) is 3. The van der Waals surface area contributed by atoms with Crippen LogP contribution in [0.4, 0.5) is 5.69 Å². The van der Waals surface area contributed by atoms with E-state index in [0.717, 1.165) is 16.5 Å². The van der Waals surface area contributed by atoms with Crippen molar-refractivity contribution in [1.29, 1.82) is 0 Å². The van der Waals surface area contributed by atoms with Gasteiger partial charge in [-0.15, -0.1) is 0 Å². The molecule has 6 heteroatoms. The van der Waals surface area contributed by atoms with E-state index in [-0.39, 0.29) is 17.5 Å². The third-order valence-electron chi connectivity index (χ3n) is 4.41. The molecule has 3 N–H and O–H groups in total. The Morgan fingerprint density at radius 1 is 0.893 bits per heavy atom. The van der Waals surface area contributed by atoms with Crippen molar-refractivity contribution in [1.82, 2.24) is 15.3 Å². The number of hydrogen-bond acceptors (Lipinski definition) is 3. The van der Waals surface area contributed by atoms with E-state index in [1.54, 1.807) is 24.4 Å². The standard InChI is InChI=1S/C22H18N4O2/c27-21(18-10-3-7-15-6-1-2-9-17(15)18)26-19-11-5-13-24-20(19)22(28)25-14-16-8-4-12-23-16/h1-13,23H,14H2,(H,25,28)(H,26,27). The first kappa shape index (κ1) is 17.5. The summed E-state index contributed by atoms with van der Waals surface area (Å²) in [6, 6.07) is 20.3. The number of amides is 2. The summed E-state index contributed by atoms with van der Waals surface area (Å²) < 4.78 is 0. The van der Waals surface area contributed by atoms with Crippen LogP contribution in [-0.4, -0.2) is 21.8 Å². The van der Waals surface area contributed by atoms with Crippen molar-refractivity contribution >= 4 is 28.3 Å². The number of fused-ring (bicyclic) bond motifs is 1. The maximum absolute atomic E-state index is 12.9. The van der Waals surface area contributed by atoms with E-state index in [1.807, 2.05) is 48.5 Å². The predicted molar refractivity (Wildman–Crippen MR) is 108 cm³/mol. The normalized spacial score (nSPS) is 10.6. The van der Waals surface area contributed by atoms with Crippen molar-refractivity contribution in [2.75, 3.05) is 5.32 Å². The highest BCUT2D eigenvalue weighted by molar-refractivity contribution is 6.14. The van der Waals surface area contributed by atoms with Gasteiger partial charge in [0.1, 0.15) is 0 Å². The predicted octanol–water partition coefficient (Wildman–Crippen LogP) is 3.75. The van der Waals surface area contributed by atoms with Gasteiger partial charge in [-0.1, -0.05) is 36.4 Å². The molecular weight excluding hydrogens is 352 g/mol. The van der Waals surface area contributed by atoms with Crippen LogP contribution in [0.15, 0.2) is 79.1 Å². The average molecular weight is 370 g/mol. The lowest BCUT2D eigenvalue weighted by Gasteiger charge is -2.11. The fourth-order valence-electron chi connectivity index (χ4n) is 3.04. The number of aromatic amines is 1. The van der Waals surface area contributed by atoms with Gasteiger partial charge in [0.05, 0.1) is 12.2 Å². The smallest absolute Gasteiger partial charge is 0.272 e. The molecule has 2 aromatic heterocycles. The van der Waals surface area contributed by atoms with Crippen LogP contribution in [-0.2, 0) is 6.54 Å². The van der Waals surface area contributed by atoms with Crippen LogP contribution < -0.4 is 10.6 Å². The Bertz CT molecular complexity index is 1130. The summed E-state index contributed by atoms with van der Waals surface area (Å²) in [5.41, 5.74) is 1.96. The summed E-state index contributed by atoms with van der Waals surface area (Å²) in [6.45, 7) is 0.346. The molecule has 0 saturated heterocycles. The van der Waals surface area contributed by atoms with E-state index in [0.29, 0.717) is 17.8 Å². The van der Waals surface area contributed by atoms with E-state index in [1.165, 1.54) is 6.20 Å². The van der Waals surface area contributed by atoms with Gasteiger partial charge in [-0.3, -0.25) is 9.59 Å². The molecule has 0 saturated carbocycles. The minimum absolute atomic E-state index is 0.169. The van der Waals surface area contributed by atoms with Gasteiger partial charge in [0, 0.05) is 23.7 Å². The first-order chi connectivity index (χ1) is 13.7. The highest BCUT2D eigenvalue weighted by Crippen LogP contribution is 2.21. The Balaban J connectivity index is 1.56. The van der Waals surface area contributed by atoms with Gasteiger partial charge in [0.25, 0.3) is 11.8 Å². The van der Waals surface area contributed by atoms with Crippen molar-refractivity contribution in [2.24, 2.45) is 0 Å². The van der Waals surface area contributed by atoms with E-state index in [4.69, 9.17) is 0 Å². The number of pyridine rings is 1. The highest BCUT2D eigenvalue weighted by atomic mass is 16.2. The molecule has 0 aliphatic heterocycles. The van der Waals surface area contributed by atoms with Crippen LogP contribution >= 0.6 is 0 Å². The summed E-state index contributed by atoms with van der Waals surface area (Å²) >= 11 is 0. The van der Waals surface area contributed by atoms with Gasteiger partial charge < -0.3 is 15.6 Å². The Hall–Kier alpha value is -3.93. The molecular formula is C22H18N4O2. The van der Waals surface area contributed by atoms with Crippen LogP contribution in [0.25, 0.3) is 10.8 Å². The van der Waals surface area contributed by atoms with E-state index >= 15 is 0 Å². The molecule has 0 aliphatic carbocycles. The lowest BCUT2D eigenvalue weighted by Crippen LogP contribution is -2.26. The molecule has 0 spiro atoms. The topological polar surface area (TPSA) is 86.9 Å².